The van der Waals surface area contributed by atoms with Crippen LogP contribution in [0.5, 0.6) is 0 Å². The predicted molar refractivity (Wildman–Crippen MR) is 143 cm³/mol. The van der Waals surface area contributed by atoms with Crippen molar-refractivity contribution in [2.75, 3.05) is 7.05 Å². The van der Waals surface area contributed by atoms with Crippen molar-refractivity contribution in [3.63, 3.8) is 0 Å². The Kier molecular flexibility index (Phi) is 8.44. The lowest BCUT2D eigenvalue weighted by Crippen LogP contribution is -2.48. The maximum absolute atomic E-state index is 13.5. The molecule has 184 valence electrons. The van der Waals surface area contributed by atoms with E-state index in [2.05, 4.69) is 26.6 Å². The fraction of sp³-hybridized carbons (Fsp3) is 0.207. The number of aryl methyl sites for hydroxylation is 1. The minimum atomic E-state index is -0.748. The third-order valence-corrected chi connectivity index (χ3v) is 6.59. The standard InChI is InChI=1S/C29H27BrFN3O2/c1-32-29(36)27(17-20-8-5-9-22(30)16-20)34-28(35)24-18-26(21-11-13-23(31)14-12-21)33-25(24)15-10-19-6-3-2-4-7-19/h2-9,11-14,16,18,25,27H,10,15,17H2,1H3,(H,32,36)(H,34,35)/t25?,27-/m0/s1. The predicted octanol–water partition coefficient (Wildman–Crippen LogP) is 4.79. The lowest BCUT2D eigenvalue weighted by atomic mass is 9.98. The molecule has 0 spiro atoms. The van der Waals surface area contributed by atoms with E-state index in [1.54, 1.807) is 25.3 Å². The van der Waals surface area contributed by atoms with Gasteiger partial charge in [-0.3, -0.25) is 14.6 Å². The van der Waals surface area contributed by atoms with Gasteiger partial charge in [-0.05, 0) is 72.0 Å². The molecule has 3 aromatic carbocycles. The first-order chi connectivity index (χ1) is 17.4. The minimum absolute atomic E-state index is 0.276. The molecule has 0 aromatic heterocycles. The molecule has 0 fully saturated rings. The van der Waals surface area contributed by atoms with Crippen LogP contribution in [0.3, 0.4) is 0 Å². The SMILES string of the molecule is CNC(=O)[C@H](Cc1cccc(Br)c1)NC(=O)C1=CC(c2ccc(F)cc2)=NC1CCc1ccccc1. The highest BCUT2D eigenvalue weighted by atomic mass is 79.9. The second kappa shape index (κ2) is 11.9. The van der Waals surface area contributed by atoms with Crippen LogP contribution < -0.4 is 10.6 Å². The summed E-state index contributed by atoms with van der Waals surface area (Å²) in [7, 11) is 1.55. The highest BCUT2D eigenvalue weighted by Crippen LogP contribution is 2.24. The minimum Gasteiger partial charge on any atom is -0.357 e. The fourth-order valence-electron chi connectivity index (χ4n) is 4.21. The van der Waals surface area contributed by atoms with Crippen LogP contribution in [0.1, 0.15) is 23.1 Å². The van der Waals surface area contributed by atoms with Crippen molar-refractivity contribution < 1.29 is 14.0 Å². The van der Waals surface area contributed by atoms with Crippen molar-refractivity contribution >= 4 is 33.5 Å². The fourth-order valence-corrected chi connectivity index (χ4v) is 4.65. The van der Waals surface area contributed by atoms with Gasteiger partial charge in [-0.15, -0.1) is 0 Å². The van der Waals surface area contributed by atoms with Gasteiger partial charge >= 0.3 is 0 Å². The molecular weight excluding hydrogens is 521 g/mol. The summed E-state index contributed by atoms with van der Waals surface area (Å²) < 4.78 is 14.4. The van der Waals surface area contributed by atoms with Crippen LogP contribution >= 0.6 is 15.9 Å². The van der Waals surface area contributed by atoms with E-state index in [1.807, 2.05) is 54.6 Å². The zero-order chi connectivity index (χ0) is 25.5. The number of hydrogen-bond acceptors (Lipinski definition) is 3. The first-order valence-electron chi connectivity index (χ1n) is 11.8. The maximum atomic E-state index is 13.5. The van der Waals surface area contributed by atoms with Crippen LogP contribution in [-0.4, -0.2) is 36.7 Å². The number of likely N-dealkylation sites (N-methyl/N-ethyl adjacent to an activating group) is 1. The van der Waals surface area contributed by atoms with Gasteiger partial charge in [0.15, 0.2) is 0 Å². The van der Waals surface area contributed by atoms with E-state index in [4.69, 9.17) is 4.99 Å². The summed E-state index contributed by atoms with van der Waals surface area (Å²) in [5.41, 5.74) is 3.93. The smallest absolute Gasteiger partial charge is 0.250 e. The van der Waals surface area contributed by atoms with Crippen LogP contribution in [-0.2, 0) is 22.4 Å². The van der Waals surface area contributed by atoms with Crippen molar-refractivity contribution in [1.29, 1.82) is 0 Å². The molecule has 2 N–H and O–H groups in total. The molecule has 2 amide bonds. The number of benzene rings is 3. The average molecular weight is 548 g/mol. The number of carbonyl (C=O) groups excluding carboxylic acids is 2. The van der Waals surface area contributed by atoms with Crippen LogP contribution in [0.15, 0.2) is 100.0 Å². The Morgan fingerprint density at radius 1 is 1.00 bits per heavy atom. The van der Waals surface area contributed by atoms with E-state index in [1.165, 1.54) is 12.1 Å². The first-order valence-corrected chi connectivity index (χ1v) is 12.6. The van der Waals surface area contributed by atoms with Crippen molar-refractivity contribution in [1.82, 2.24) is 10.6 Å². The molecule has 1 aliphatic rings. The number of aliphatic imine (C=N–C) groups is 1. The van der Waals surface area contributed by atoms with Crippen molar-refractivity contribution in [3.8, 4) is 0 Å². The van der Waals surface area contributed by atoms with E-state index in [9.17, 15) is 14.0 Å². The quantitative estimate of drug-likeness (QED) is 0.404. The first kappa shape index (κ1) is 25.5. The Balaban J connectivity index is 1.56. The highest BCUT2D eigenvalue weighted by Gasteiger charge is 2.30. The summed E-state index contributed by atoms with van der Waals surface area (Å²) in [6.45, 7) is 0. The number of nitrogens with one attached hydrogen (secondary N) is 2. The molecule has 1 heterocycles. The van der Waals surface area contributed by atoms with Gasteiger partial charge in [-0.25, -0.2) is 4.39 Å². The molecule has 3 aromatic rings. The van der Waals surface area contributed by atoms with Gasteiger partial charge < -0.3 is 10.6 Å². The van der Waals surface area contributed by atoms with E-state index in [-0.39, 0.29) is 23.7 Å². The molecule has 0 bridgehead atoms. The zero-order valence-corrected chi connectivity index (χ0v) is 21.5. The number of allylic oxidation sites excluding steroid dienone is 1. The lowest BCUT2D eigenvalue weighted by molar-refractivity contribution is -0.127. The van der Waals surface area contributed by atoms with E-state index < -0.39 is 6.04 Å². The van der Waals surface area contributed by atoms with Crippen LogP contribution in [0, 0.1) is 5.82 Å². The highest BCUT2D eigenvalue weighted by molar-refractivity contribution is 9.10. The van der Waals surface area contributed by atoms with Gasteiger partial charge in [0.1, 0.15) is 11.9 Å². The lowest BCUT2D eigenvalue weighted by Gasteiger charge is -2.20. The van der Waals surface area contributed by atoms with Gasteiger partial charge in [0.2, 0.25) is 11.8 Å². The van der Waals surface area contributed by atoms with Crippen LogP contribution in [0.25, 0.3) is 0 Å². The molecule has 0 radical (unpaired) electrons. The molecule has 5 nitrogen and oxygen atoms in total. The molecule has 36 heavy (non-hydrogen) atoms. The van der Waals surface area contributed by atoms with Crippen LogP contribution in [0.2, 0.25) is 0 Å². The van der Waals surface area contributed by atoms with Crippen molar-refractivity contribution in [2.45, 2.75) is 31.3 Å². The number of amides is 2. The molecular formula is C29H27BrFN3O2. The summed E-state index contributed by atoms with van der Waals surface area (Å²) >= 11 is 3.45. The molecule has 0 aliphatic carbocycles. The topological polar surface area (TPSA) is 70.6 Å². The van der Waals surface area contributed by atoms with Crippen molar-refractivity contribution in [3.05, 3.63) is 117 Å². The average Bonchev–Trinajstić information content (AvgIpc) is 3.32. The third-order valence-electron chi connectivity index (χ3n) is 6.09. The van der Waals surface area contributed by atoms with Crippen LogP contribution in [0.4, 0.5) is 4.39 Å². The van der Waals surface area contributed by atoms with Gasteiger partial charge in [0, 0.05) is 23.5 Å². The summed E-state index contributed by atoms with van der Waals surface area (Å²) in [6.07, 6.45) is 3.47. The van der Waals surface area contributed by atoms with Gasteiger partial charge in [0.05, 0.1) is 11.8 Å². The largest absolute Gasteiger partial charge is 0.357 e. The molecule has 0 saturated heterocycles. The summed E-state index contributed by atoms with van der Waals surface area (Å²) in [4.78, 5) is 30.9. The number of halogens is 2. The van der Waals surface area contributed by atoms with Gasteiger partial charge in [0.25, 0.3) is 0 Å². The van der Waals surface area contributed by atoms with E-state index in [0.717, 1.165) is 27.6 Å². The monoisotopic (exact) mass is 547 g/mol. The van der Waals surface area contributed by atoms with Gasteiger partial charge in [-0.1, -0.05) is 58.4 Å². The summed E-state index contributed by atoms with van der Waals surface area (Å²) in [6, 6.07) is 22.6. The number of rotatable bonds is 9. The number of hydrogen-bond donors (Lipinski definition) is 2. The van der Waals surface area contributed by atoms with Gasteiger partial charge in [-0.2, -0.15) is 0 Å². The number of carbonyl (C=O) groups is 2. The number of nitrogens with zero attached hydrogens (tertiary/aromatic N) is 1. The Morgan fingerprint density at radius 2 is 1.72 bits per heavy atom. The molecule has 4 rings (SSSR count). The zero-order valence-electron chi connectivity index (χ0n) is 19.9. The molecule has 2 atom stereocenters. The van der Waals surface area contributed by atoms with E-state index in [0.29, 0.717) is 24.1 Å². The summed E-state index contributed by atoms with van der Waals surface area (Å²) in [5.74, 6) is -0.944. The normalized spacial score (nSPS) is 15.6. The molecule has 0 saturated carbocycles. The Morgan fingerprint density at radius 3 is 2.42 bits per heavy atom. The Labute approximate surface area is 218 Å². The molecule has 1 aliphatic heterocycles. The second-order valence-corrected chi connectivity index (χ2v) is 9.55. The molecule has 1 unspecified atom stereocenters. The van der Waals surface area contributed by atoms with Crippen molar-refractivity contribution in [2.24, 2.45) is 4.99 Å². The summed E-state index contributed by atoms with van der Waals surface area (Å²) in [5, 5.41) is 5.56. The second-order valence-electron chi connectivity index (χ2n) is 8.64. The maximum Gasteiger partial charge on any atom is 0.250 e. The Hall–Kier alpha value is -3.58. The third kappa shape index (κ3) is 6.55. The molecule has 7 heteroatoms. The van der Waals surface area contributed by atoms with E-state index >= 15 is 0 Å². The Bertz CT molecular complexity index is 1290.